The number of hydrogen-bond acceptors (Lipinski definition) is 2. The van der Waals surface area contributed by atoms with Gasteiger partial charge in [-0.2, -0.15) is 0 Å². The Morgan fingerprint density at radius 2 is 1.80 bits per heavy atom. The number of methoxy groups -OCH3 is 1. The summed E-state index contributed by atoms with van der Waals surface area (Å²) in [5.41, 5.74) is 0.896. The van der Waals surface area contributed by atoms with Gasteiger partial charge in [0, 0.05) is 18.2 Å². The lowest BCUT2D eigenvalue weighted by molar-refractivity contribution is -0.134. The minimum Gasteiger partial charge on any atom is -0.497 e. The molecule has 0 amide bonds. The normalized spacial score (nSPS) is 31.1. The van der Waals surface area contributed by atoms with Crippen LogP contribution in [0.5, 0.6) is 5.75 Å². The van der Waals surface area contributed by atoms with Crippen molar-refractivity contribution in [2.75, 3.05) is 18.6 Å². The molecule has 1 aliphatic carbocycles. The maximum atomic E-state index is 14.6. The summed E-state index contributed by atoms with van der Waals surface area (Å²) in [7, 11) is -0.430. The van der Waals surface area contributed by atoms with Gasteiger partial charge in [-0.1, -0.05) is 19.6 Å². The minimum absolute atomic E-state index is 0.476. The van der Waals surface area contributed by atoms with E-state index in [0.29, 0.717) is 13.0 Å². The fraction of sp³-hybridized carbons (Fsp3) is 0.600. The average molecular weight is 297 g/mol. The molecule has 110 valence electrons. The molecule has 1 saturated carbocycles. The molecule has 1 aromatic carbocycles. The van der Waals surface area contributed by atoms with Crippen molar-refractivity contribution in [2.24, 2.45) is 5.92 Å². The van der Waals surface area contributed by atoms with E-state index in [2.05, 4.69) is 19.6 Å². The van der Waals surface area contributed by atoms with Crippen molar-refractivity contribution in [3.8, 4) is 5.75 Å². The number of benzene rings is 1. The summed E-state index contributed by atoms with van der Waals surface area (Å²) in [4.78, 5) is 1.98. The molecule has 2 nitrogen and oxygen atoms in total. The van der Waals surface area contributed by atoms with Crippen molar-refractivity contribution < 1.29 is 13.5 Å². The average Bonchev–Trinajstić information content (AvgIpc) is 2.91. The van der Waals surface area contributed by atoms with E-state index in [1.54, 1.807) is 7.11 Å². The number of hydrogen-bond donors (Lipinski definition) is 0. The SMILES string of the molecule is COc1ccc(N2C[C@@H]3C[C@@]2([Si](C)(C)C)C3(F)F)cc1. The van der Waals surface area contributed by atoms with Crippen LogP contribution in [0.15, 0.2) is 24.3 Å². The number of nitrogens with zero attached hydrogens (tertiary/aromatic N) is 1. The van der Waals surface area contributed by atoms with E-state index in [-0.39, 0.29) is 0 Å². The Hall–Kier alpha value is -1.10. The molecule has 0 N–H and O–H groups in total. The fourth-order valence-corrected chi connectivity index (χ4v) is 7.06. The lowest BCUT2D eigenvalue weighted by Crippen LogP contribution is -2.74. The first-order valence-electron chi connectivity index (χ1n) is 7.03. The highest BCUT2D eigenvalue weighted by Gasteiger charge is 2.80. The third-order valence-electron chi connectivity index (χ3n) is 5.09. The molecule has 1 aromatic rings. The Morgan fingerprint density at radius 1 is 1.20 bits per heavy atom. The molecular weight excluding hydrogens is 276 g/mol. The topological polar surface area (TPSA) is 12.5 Å². The van der Waals surface area contributed by atoms with E-state index in [9.17, 15) is 8.78 Å². The first-order valence-corrected chi connectivity index (χ1v) is 10.5. The van der Waals surface area contributed by atoms with E-state index in [4.69, 9.17) is 4.74 Å². The highest BCUT2D eigenvalue weighted by atomic mass is 28.3. The maximum Gasteiger partial charge on any atom is 0.272 e. The first-order chi connectivity index (χ1) is 9.24. The van der Waals surface area contributed by atoms with Crippen LogP contribution in [0.1, 0.15) is 6.42 Å². The first kappa shape index (κ1) is 13.9. The van der Waals surface area contributed by atoms with Gasteiger partial charge in [-0.05, 0) is 30.7 Å². The summed E-state index contributed by atoms with van der Waals surface area (Å²) in [6.45, 7) is 6.64. The monoisotopic (exact) mass is 297 g/mol. The Morgan fingerprint density at radius 3 is 2.25 bits per heavy atom. The van der Waals surface area contributed by atoms with Gasteiger partial charge in [-0.15, -0.1) is 0 Å². The number of halogens is 2. The second kappa shape index (κ2) is 3.97. The Balaban J connectivity index is 2.02. The van der Waals surface area contributed by atoms with Gasteiger partial charge in [0.2, 0.25) is 0 Å². The van der Waals surface area contributed by atoms with Crippen molar-refractivity contribution in [2.45, 2.75) is 37.1 Å². The molecule has 2 saturated heterocycles. The second-order valence-corrected chi connectivity index (χ2v) is 12.3. The fourth-order valence-electron chi connectivity index (χ4n) is 3.97. The Kier molecular flexibility index (Phi) is 2.75. The predicted octanol–water partition coefficient (Wildman–Crippen LogP) is 3.79. The van der Waals surface area contributed by atoms with Gasteiger partial charge in [0.1, 0.15) is 5.75 Å². The highest BCUT2D eigenvalue weighted by molar-refractivity contribution is 6.80. The zero-order valence-electron chi connectivity index (χ0n) is 12.4. The molecule has 4 rings (SSSR count). The lowest BCUT2D eigenvalue weighted by atomic mass is 9.80. The largest absolute Gasteiger partial charge is 0.497 e. The van der Waals surface area contributed by atoms with Crippen LogP contribution in [0.4, 0.5) is 14.5 Å². The summed E-state index contributed by atoms with van der Waals surface area (Å²) in [6.07, 6.45) is 0.641. The summed E-state index contributed by atoms with van der Waals surface area (Å²) >= 11 is 0. The molecule has 2 atom stereocenters. The molecule has 2 aliphatic heterocycles. The summed E-state index contributed by atoms with van der Waals surface area (Å²) in [5.74, 6) is -2.26. The third-order valence-corrected chi connectivity index (χ3v) is 8.38. The van der Waals surface area contributed by atoms with Crippen molar-refractivity contribution in [3.05, 3.63) is 24.3 Å². The van der Waals surface area contributed by atoms with E-state index in [1.807, 2.05) is 29.2 Å². The second-order valence-electron chi connectivity index (χ2n) is 6.94. The standard InChI is InChI=1S/C15H21F2NOSi/c1-19-13-7-5-12(6-8-13)18-10-11-9-14(18,15(11,16)17)20(2,3)4/h5-8,11H,9-10H2,1-4H3/t11-,14+/m0/s1. The molecule has 3 fully saturated rings. The molecule has 0 radical (unpaired) electrons. The molecule has 0 aromatic heterocycles. The molecule has 2 bridgehead atoms. The molecular formula is C15H21F2NOSi. The van der Waals surface area contributed by atoms with Crippen LogP contribution < -0.4 is 9.64 Å². The van der Waals surface area contributed by atoms with Crippen molar-refractivity contribution in [3.63, 3.8) is 0 Å². The van der Waals surface area contributed by atoms with Gasteiger partial charge in [0.05, 0.1) is 20.3 Å². The zero-order valence-corrected chi connectivity index (χ0v) is 13.4. The number of anilines is 1. The van der Waals surface area contributed by atoms with Crippen LogP contribution in [0.25, 0.3) is 0 Å². The zero-order chi connectivity index (χ0) is 14.8. The van der Waals surface area contributed by atoms with Crippen LogP contribution in [-0.2, 0) is 0 Å². The summed E-state index contributed by atoms with van der Waals surface area (Å²) in [6, 6.07) is 7.50. The van der Waals surface area contributed by atoms with Gasteiger partial charge in [-0.25, -0.2) is 8.78 Å². The third kappa shape index (κ3) is 1.47. The van der Waals surface area contributed by atoms with Crippen LogP contribution in [0, 0.1) is 5.92 Å². The van der Waals surface area contributed by atoms with Crippen molar-refractivity contribution >= 4 is 13.8 Å². The van der Waals surface area contributed by atoms with E-state index in [0.717, 1.165) is 11.4 Å². The number of fused-ring (bicyclic) bond motifs is 1. The van der Waals surface area contributed by atoms with Gasteiger partial charge in [-0.3, -0.25) is 0 Å². The molecule has 2 heterocycles. The molecule has 0 unspecified atom stereocenters. The smallest absolute Gasteiger partial charge is 0.272 e. The molecule has 0 spiro atoms. The van der Waals surface area contributed by atoms with Gasteiger partial charge in [0.25, 0.3) is 5.92 Å². The summed E-state index contributed by atoms with van der Waals surface area (Å²) in [5, 5.41) is -0.917. The number of ether oxygens (including phenoxy) is 1. The van der Waals surface area contributed by atoms with E-state index in [1.165, 1.54) is 0 Å². The predicted molar refractivity (Wildman–Crippen MR) is 79.5 cm³/mol. The quantitative estimate of drug-likeness (QED) is 0.787. The lowest BCUT2D eigenvalue weighted by Gasteiger charge is -2.56. The maximum absolute atomic E-state index is 14.6. The number of alkyl halides is 2. The minimum atomic E-state index is -2.54. The van der Waals surface area contributed by atoms with E-state index < -0.39 is 25.1 Å². The van der Waals surface area contributed by atoms with Crippen LogP contribution >= 0.6 is 0 Å². The Bertz CT molecular complexity index is 526. The molecule has 20 heavy (non-hydrogen) atoms. The van der Waals surface area contributed by atoms with Gasteiger partial charge >= 0.3 is 0 Å². The van der Waals surface area contributed by atoms with Crippen LogP contribution in [-0.4, -0.2) is 32.8 Å². The van der Waals surface area contributed by atoms with Crippen LogP contribution in [0.3, 0.4) is 0 Å². The van der Waals surface area contributed by atoms with Crippen molar-refractivity contribution in [1.82, 2.24) is 0 Å². The molecule has 5 heteroatoms. The number of rotatable bonds is 3. The van der Waals surface area contributed by atoms with Gasteiger partial charge in [0.15, 0.2) is 0 Å². The Labute approximate surface area is 119 Å². The van der Waals surface area contributed by atoms with Crippen molar-refractivity contribution in [1.29, 1.82) is 0 Å². The molecule has 3 aliphatic rings. The summed E-state index contributed by atoms with van der Waals surface area (Å²) < 4.78 is 34.3. The van der Waals surface area contributed by atoms with Gasteiger partial charge < -0.3 is 9.64 Å². The van der Waals surface area contributed by atoms with Crippen LogP contribution in [0.2, 0.25) is 19.6 Å². The highest BCUT2D eigenvalue weighted by Crippen LogP contribution is 2.65. The van der Waals surface area contributed by atoms with E-state index >= 15 is 0 Å².